The lowest BCUT2D eigenvalue weighted by atomic mass is 10.0. The summed E-state index contributed by atoms with van der Waals surface area (Å²) in [5.74, 6) is 0.268. The summed E-state index contributed by atoms with van der Waals surface area (Å²) in [7, 11) is 0. The molecule has 0 radical (unpaired) electrons. The third-order valence-corrected chi connectivity index (χ3v) is 3.71. The van der Waals surface area contributed by atoms with E-state index >= 15 is 0 Å². The summed E-state index contributed by atoms with van der Waals surface area (Å²) >= 11 is 5.72. The SMILES string of the molecule is CCC1CN(C(=O)c2ccc(Cl)o2)C(CC)CN1. The summed E-state index contributed by atoms with van der Waals surface area (Å²) in [6.07, 6.45) is 1.95. The second-order valence-corrected chi connectivity index (χ2v) is 5.01. The zero-order valence-electron chi connectivity index (χ0n) is 10.8. The molecule has 0 aromatic carbocycles. The minimum atomic E-state index is -0.0614. The second kappa shape index (κ2) is 5.76. The molecule has 1 aromatic heterocycles. The predicted octanol–water partition coefficient (Wildman–Crippen LogP) is 2.54. The zero-order chi connectivity index (χ0) is 13.1. The van der Waals surface area contributed by atoms with Crippen molar-refractivity contribution < 1.29 is 9.21 Å². The number of nitrogens with one attached hydrogen (secondary N) is 1. The van der Waals surface area contributed by atoms with Crippen molar-refractivity contribution in [2.45, 2.75) is 38.8 Å². The Morgan fingerprint density at radius 1 is 1.50 bits per heavy atom. The number of amides is 1. The molecule has 1 amide bonds. The van der Waals surface area contributed by atoms with Crippen LogP contribution in [0.2, 0.25) is 5.22 Å². The number of furan rings is 1. The Morgan fingerprint density at radius 3 is 2.83 bits per heavy atom. The van der Waals surface area contributed by atoms with Crippen LogP contribution in [0.4, 0.5) is 0 Å². The molecular formula is C13H19ClN2O2. The topological polar surface area (TPSA) is 45.5 Å². The summed E-state index contributed by atoms with van der Waals surface area (Å²) < 4.78 is 5.21. The van der Waals surface area contributed by atoms with E-state index in [2.05, 4.69) is 19.2 Å². The zero-order valence-corrected chi connectivity index (χ0v) is 11.5. The average Bonchev–Trinajstić information content (AvgIpc) is 2.83. The smallest absolute Gasteiger partial charge is 0.289 e. The fourth-order valence-electron chi connectivity index (χ4n) is 2.32. The predicted molar refractivity (Wildman–Crippen MR) is 70.9 cm³/mol. The molecule has 2 unspecified atom stereocenters. The van der Waals surface area contributed by atoms with Crippen LogP contribution in [0.15, 0.2) is 16.5 Å². The van der Waals surface area contributed by atoms with Gasteiger partial charge in [-0.2, -0.15) is 0 Å². The van der Waals surface area contributed by atoms with Crippen molar-refractivity contribution >= 4 is 17.5 Å². The van der Waals surface area contributed by atoms with E-state index < -0.39 is 0 Å². The van der Waals surface area contributed by atoms with Crippen LogP contribution in [0.25, 0.3) is 0 Å². The van der Waals surface area contributed by atoms with Gasteiger partial charge >= 0.3 is 0 Å². The van der Waals surface area contributed by atoms with Gasteiger partial charge in [-0.25, -0.2) is 0 Å². The minimum absolute atomic E-state index is 0.0614. The van der Waals surface area contributed by atoms with Crippen LogP contribution in [0, 0.1) is 0 Å². The van der Waals surface area contributed by atoms with Crippen molar-refractivity contribution in [1.29, 1.82) is 0 Å². The van der Waals surface area contributed by atoms with Gasteiger partial charge in [-0.1, -0.05) is 13.8 Å². The van der Waals surface area contributed by atoms with Crippen LogP contribution in [-0.4, -0.2) is 36.0 Å². The number of carbonyl (C=O) groups is 1. The number of nitrogens with zero attached hydrogens (tertiary/aromatic N) is 1. The first-order valence-corrected chi connectivity index (χ1v) is 6.83. The molecule has 2 atom stereocenters. The molecule has 1 aliphatic heterocycles. The lowest BCUT2D eigenvalue weighted by Crippen LogP contribution is -2.57. The summed E-state index contributed by atoms with van der Waals surface area (Å²) in [6, 6.07) is 3.83. The fraction of sp³-hybridized carbons (Fsp3) is 0.615. The molecule has 0 bridgehead atoms. The van der Waals surface area contributed by atoms with Crippen LogP contribution in [0.5, 0.6) is 0 Å². The van der Waals surface area contributed by atoms with Gasteiger partial charge in [-0.3, -0.25) is 4.79 Å². The Balaban J connectivity index is 2.14. The van der Waals surface area contributed by atoms with Crippen LogP contribution in [0.1, 0.15) is 37.2 Å². The monoisotopic (exact) mass is 270 g/mol. The van der Waals surface area contributed by atoms with Gasteiger partial charge < -0.3 is 14.6 Å². The number of piperazine rings is 1. The first kappa shape index (κ1) is 13.4. The summed E-state index contributed by atoms with van der Waals surface area (Å²) in [4.78, 5) is 14.3. The molecule has 4 nitrogen and oxygen atoms in total. The lowest BCUT2D eigenvalue weighted by Gasteiger charge is -2.39. The highest BCUT2D eigenvalue weighted by atomic mass is 35.5. The third-order valence-electron chi connectivity index (χ3n) is 3.51. The van der Waals surface area contributed by atoms with Crippen LogP contribution in [0.3, 0.4) is 0 Å². The van der Waals surface area contributed by atoms with Crippen molar-refractivity contribution in [2.75, 3.05) is 13.1 Å². The molecule has 1 aromatic rings. The molecule has 1 aliphatic rings. The van der Waals surface area contributed by atoms with E-state index in [9.17, 15) is 4.79 Å². The molecule has 1 N–H and O–H groups in total. The normalized spacial score (nSPS) is 24.3. The van der Waals surface area contributed by atoms with E-state index in [1.165, 1.54) is 0 Å². The Labute approximate surface area is 112 Å². The first-order chi connectivity index (χ1) is 8.65. The Bertz CT molecular complexity index is 419. The van der Waals surface area contributed by atoms with Crippen molar-refractivity contribution in [2.24, 2.45) is 0 Å². The van der Waals surface area contributed by atoms with Gasteiger partial charge in [0, 0.05) is 25.2 Å². The van der Waals surface area contributed by atoms with E-state index in [0.29, 0.717) is 11.8 Å². The molecule has 5 heteroatoms. The van der Waals surface area contributed by atoms with Gasteiger partial charge in [0.15, 0.2) is 11.0 Å². The van der Waals surface area contributed by atoms with E-state index in [1.807, 2.05) is 4.90 Å². The molecule has 2 heterocycles. The van der Waals surface area contributed by atoms with Gasteiger partial charge in [0.2, 0.25) is 0 Å². The maximum Gasteiger partial charge on any atom is 0.289 e. The van der Waals surface area contributed by atoms with Crippen LogP contribution < -0.4 is 5.32 Å². The molecule has 1 saturated heterocycles. The fourth-order valence-corrected chi connectivity index (χ4v) is 2.47. The van der Waals surface area contributed by atoms with Crippen molar-refractivity contribution in [3.63, 3.8) is 0 Å². The summed E-state index contributed by atoms with van der Waals surface area (Å²) in [6.45, 7) is 5.78. The highest BCUT2D eigenvalue weighted by molar-refractivity contribution is 6.29. The van der Waals surface area contributed by atoms with Crippen LogP contribution in [-0.2, 0) is 0 Å². The van der Waals surface area contributed by atoms with Crippen molar-refractivity contribution in [3.8, 4) is 0 Å². The molecule has 18 heavy (non-hydrogen) atoms. The average molecular weight is 271 g/mol. The highest BCUT2D eigenvalue weighted by Gasteiger charge is 2.31. The van der Waals surface area contributed by atoms with Crippen LogP contribution >= 0.6 is 11.6 Å². The molecule has 0 spiro atoms. The molecule has 100 valence electrons. The molecule has 0 saturated carbocycles. The minimum Gasteiger partial charge on any atom is -0.440 e. The van der Waals surface area contributed by atoms with Gasteiger partial charge in [0.05, 0.1) is 0 Å². The van der Waals surface area contributed by atoms with E-state index in [0.717, 1.165) is 25.9 Å². The third kappa shape index (κ3) is 2.70. The van der Waals surface area contributed by atoms with Gasteiger partial charge in [-0.15, -0.1) is 0 Å². The molecule has 0 aliphatic carbocycles. The summed E-state index contributed by atoms with van der Waals surface area (Å²) in [5, 5.41) is 3.72. The number of hydrogen-bond donors (Lipinski definition) is 1. The standard InChI is InChI=1S/C13H19ClN2O2/c1-3-9-8-16(10(4-2)7-15-9)13(17)11-5-6-12(14)18-11/h5-6,9-10,15H,3-4,7-8H2,1-2H3. The largest absolute Gasteiger partial charge is 0.440 e. The number of carbonyl (C=O) groups excluding carboxylic acids is 1. The number of halogens is 1. The quantitative estimate of drug-likeness (QED) is 0.918. The second-order valence-electron chi connectivity index (χ2n) is 4.64. The Morgan fingerprint density at radius 2 is 2.28 bits per heavy atom. The number of rotatable bonds is 3. The number of hydrogen-bond acceptors (Lipinski definition) is 3. The van der Waals surface area contributed by atoms with Gasteiger partial charge in [0.1, 0.15) is 0 Å². The van der Waals surface area contributed by atoms with E-state index in [1.54, 1.807) is 12.1 Å². The van der Waals surface area contributed by atoms with Crippen molar-refractivity contribution in [3.05, 3.63) is 23.1 Å². The van der Waals surface area contributed by atoms with Gasteiger partial charge in [0.25, 0.3) is 5.91 Å². The summed E-state index contributed by atoms with van der Waals surface area (Å²) in [5.41, 5.74) is 0. The molecular weight excluding hydrogens is 252 g/mol. The van der Waals surface area contributed by atoms with E-state index in [-0.39, 0.29) is 17.2 Å². The van der Waals surface area contributed by atoms with Gasteiger partial charge in [-0.05, 0) is 36.6 Å². The Kier molecular flexibility index (Phi) is 4.30. The molecule has 2 rings (SSSR count). The van der Waals surface area contributed by atoms with Crippen molar-refractivity contribution in [1.82, 2.24) is 10.2 Å². The Hall–Kier alpha value is -1.00. The first-order valence-electron chi connectivity index (χ1n) is 6.45. The maximum atomic E-state index is 12.4. The lowest BCUT2D eigenvalue weighted by molar-refractivity contribution is 0.0544. The molecule has 1 fully saturated rings. The maximum absolute atomic E-state index is 12.4. The van der Waals surface area contributed by atoms with E-state index in [4.69, 9.17) is 16.0 Å². The highest BCUT2D eigenvalue weighted by Crippen LogP contribution is 2.19.